The first kappa shape index (κ1) is 13.3. The number of hydrogen-bond acceptors (Lipinski definition) is 2. The van der Waals surface area contributed by atoms with Crippen LogP contribution in [0.1, 0.15) is 31.7 Å². The lowest BCUT2D eigenvalue weighted by molar-refractivity contribution is 0.308. The maximum absolute atomic E-state index is 13.5. The van der Waals surface area contributed by atoms with Crippen LogP contribution in [-0.4, -0.2) is 19.7 Å². The Bertz CT molecular complexity index is 394. The molecule has 2 atom stereocenters. The second-order valence-corrected chi connectivity index (χ2v) is 5.29. The maximum Gasteiger partial charge on any atom is 0.165 e. The Balaban J connectivity index is 1.88. The molecule has 1 aliphatic rings. The molecule has 2 unspecified atom stereocenters. The highest BCUT2D eigenvalue weighted by molar-refractivity contribution is 5.29. The van der Waals surface area contributed by atoms with Gasteiger partial charge < -0.3 is 10.1 Å². The monoisotopic (exact) mass is 251 g/mol. The van der Waals surface area contributed by atoms with Crippen molar-refractivity contribution in [3.8, 4) is 5.75 Å². The standard InChI is InChI=1S/C15H22FNO/c1-11-7-8-17-13(9-11)5-3-12-4-6-15(18-2)14(16)10-12/h4,6,10-11,13,17H,3,5,7-9H2,1-2H3. The first-order valence-electron chi connectivity index (χ1n) is 6.75. The fourth-order valence-corrected chi connectivity index (χ4v) is 2.65. The van der Waals surface area contributed by atoms with Crippen molar-refractivity contribution in [1.82, 2.24) is 5.32 Å². The summed E-state index contributed by atoms with van der Waals surface area (Å²) >= 11 is 0. The van der Waals surface area contributed by atoms with Crippen LogP contribution in [0.15, 0.2) is 18.2 Å². The summed E-state index contributed by atoms with van der Waals surface area (Å²) in [4.78, 5) is 0. The number of methoxy groups -OCH3 is 1. The molecule has 1 aliphatic heterocycles. The number of ether oxygens (including phenoxy) is 1. The van der Waals surface area contributed by atoms with E-state index >= 15 is 0 Å². The molecule has 0 amide bonds. The first-order chi connectivity index (χ1) is 8.69. The van der Waals surface area contributed by atoms with Gasteiger partial charge >= 0.3 is 0 Å². The van der Waals surface area contributed by atoms with E-state index in [1.54, 1.807) is 12.1 Å². The van der Waals surface area contributed by atoms with E-state index in [1.807, 2.05) is 6.07 Å². The van der Waals surface area contributed by atoms with E-state index in [2.05, 4.69) is 12.2 Å². The summed E-state index contributed by atoms with van der Waals surface area (Å²) in [6.45, 7) is 3.42. The summed E-state index contributed by atoms with van der Waals surface area (Å²) in [5.41, 5.74) is 1.05. The SMILES string of the molecule is COc1ccc(CCC2CC(C)CCN2)cc1F. The van der Waals surface area contributed by atoms with Crippen molar-refractivity contribution >= 4 is 0 Å². The molecule has 0 spiro atoms. The molecule has 2 rings (SSSR count). The molecule has 1 fully saturated rings. The van der Waals surface area contributed by atoms with Gasteiger partial charge in [0.25, 0.3) is 0 Å². The lowest BCUT2D eigenvalue weighted by Gasteiger charge is -2.28. The van der Waals surface area contributed by atoms with Gasteiger partial charge in [-0.3, -0.25) is 0 Å². The largest absolute Gasteiger partial charge is 0.494 e. The van der Waals surface area contributed by atoms with Gasteiger partial charge in [0.2, 0.25) is 0 Å². The van der Waals surface area contributed by atoms with Gasteiger partial charge in [0.1, 0.15) is 0 Å². The summed E-state index contributed by atoms with van der Waals surface area (Å²) in [5, 5.41) is 3.54. The normalized spacial score (nSPS) is 23.9. The van der Waals surface area contributed by atoms with E-state index in [-0.39, 0.29) is 5.82 Å². The number of piperidine rings is 1. The van der Waals surface area contributed by atoms with Gasteiger partial charge in [0.15, 0.2) is 11.6 Å². The number of aryl methyl sites for hydroxylation is 1. The summed E-state index contributed by atoms with van der Waals surface area (Å²) in [6, 6.07) is 5.83. The van der Waals surface area contributed by atoms with Crippen LogP contribution < -0.4 is 10.1 Å². The molecule has 2 nitrogen and oxygen atoms in total. The average Bonchev–Trinajstić information content (AvgIpc) is 2.37. The number of benzene rings is 1. The minimum Gasteiger partial charge on any atom is -0.494 e. The predicted octanol–water partition coefficient (Wildman–Crippen LogP) is 3.16. The molecule has 1 N–H and O–H groups in total. The van der Waals surface area contributed by atoms with E-state index < -0.39 is 0 Å². The van der Waals surface area contributed by atoms with Gasteiger partial charge in [0, 0.05) is 6.04 Å². The van der Waals surface area contributed by atoms with Crippen LogP contribution >= 0.6 is 0 Å². The summed E-state index contributed by atoms with van der Waals surface area (Å²) < 4.78 is 18.5. The van der Waals surface area contributed by atoms with Crippen molar-refractivity contribution in [2.75, 3.05) is 13.7 Å². The third kappa shape index (κ3) is 3.45. The van der Waals surface area contributed by atoms with E-state index in [4.69, 9.17) is 4.74 Å². The minimum absolute atomic E-state index is 0.264. The molecule has 100 valence electrons. The highest BCUT2D eigenvalue weighted by atomic mass is 19.1. The topological polar surface area (TPSA) is 21.3 Å². The van der Waals surface area contributed by atoms with Crippen LogP contribution in [-0.2, 0) is 6.42 Å². The van der Waals surface area contributed by atoms with Gasteiger partial charge in [-0.05, 0) is 55.8 Å². The predicted molar refractivity (Wildman–Crippen MR) is 71.5 cm³/mol. The minimum atomic E-state index is -0.264. The highest BCUT2D eigenvalue weighted by Crippen LogP contribution is 2.21. The third-order valence-corrected chi connectivity index (χ3v) is 3.75. The van der Waals surface area contributed by atoms with Gasteiger partial charge in [-0.25, -0.2) is 4.39 Å². The Hall–Kier alpha value is -1.09. The molecule has 0 saturated carbocycles. The Morgan fingerprint density at radius 1 is 1.44 bits per heavy atom. The molecule has 0 bridgehead atoms. The fraction of sp³-hybridized carbons (Fsp3) is 0.600. The molecule has 3 heteroatoms. The fourth-order valence-electron chi connectivity index (χ4n) is 2.65. The number of hydrogen-bond donors (Lipinski definition) is 1. The van der Waals surface area contributed by atoms with Crippen LogP contribution in [0.25, 0.3) is 0 Å². The zero-order chi connectivity index (χ0) is 13.0. The van der Waals surface area contributed by atoms with E-state index in [0.29, 0.717) is 11.8 Å². The quantitative estimate of drug-likeness (QED) is 0.887. The van der Waals surface area contributed by atoms with E-state index in [9.17, 15) is 4.39 Å². The molecular formula is C15H22FNO. The number of rotatable bonds is 4. The molecule has 0 radical (unpaired) electrons. The van der Waals surface area contributed by atoms with Crippen LogP contribution in [0.2, 0.25) is 0 Å². The third-order valence-electron chi connectivity index (χ3n) is 3.75. The van der Waals surface area contributed by atoms with Gasteiger partial charge in [-0.15, -0.1) is 0 Å². The molecule has 1 heterocycles. The van der Waals surface area contributed by atoms with Crippen LogP contribution in [0.5, 0.6) is 5.75 Å². The Labute approximate surface area is 109 Å². The first-order valence-corrected chi connectivity index (χ1v) is 6.75. The van der Waals surface area contributed by atoms with Crippen LogP contribution in [0.4, 0.5) is 4.39 Å². The number of halogens is 1. The molecule has 0 aliphatic carbocycles. The van der Waals surface area contributed by atoms with Crippen molar-refractivity contribution in [2.45, 2.75) is 38.6 Å². The molecule has 1 saturated heterocycles. The molecule has 1 aromatic rings. The lowest BCUT2D eigenvalue weighted by atomic mass is 9.91. The Morgan fingerprint density at radius 3 is 2.94 bits per heavy atom. The molecule has 0 aromatic heterocycles. The summed E-state index contributed by atoms with van der Waals surface area (Å²) in [6.07, 6.45) is 4.51. The molecule has 18 heavy (non-hydrogen) atoms. The second kappa shape index (κ2) is 6.19. The van der Waals surface area contributed by atoms with Crippen molar-refractivity contribution < 1.29 is 9.13 Å². The van der Waals surface area contributed by atoms with Crippen LogP contribution in [0, 0.1) is 11.7 Å². The van der Waals surface area contributed by atoms with E-state index in [1.165, 1.54) is 20.0 Å². The average molecular weight is 251 g/mol. The van der Waals surface area contributed by atoms with Crippen molar-refractivity contribution in [2.24, 2.45) is 5.92 Å². The zero-order valence-corrected chi connectivity index (χ0v) is 11.2. The summed E-state index contributed by atoms with van der Waals surface area (Å²) in [5.74, 6) is 0.868. The Kier molecular flexibility index (Phi) is 4.59. The number of nitrogens with one attached hydrogen (secondary N) is 1. The molecular weight excluding hydrogens is 229 g/mol. The van der Waals surface area contributed by atoms with Gasteiger partial charge in [-0.1, -0.05) is 13.0 Å². The Morgan fingerprint density at radius 2 is 2.28 bits per heavy atom. The summed E-state index contributed by atoms with van der Waals surface area (Å²) in [7, 11) is 1.49. The van der Waals surface area contributed by atoms with Gasteiger partial charge in [-0.2, -0.15) is 0 Å². The van der Waals surface area contributed by atoms with Crippen molar-refractivity contribution in [3.63, 3.8) is 0 Å². The zero-order valence-electron chi connectivity index (χ0n) is 11.2. The highest BCUT2D eigenvalue weighted by Gasteiger charge is 2.17. The second-order valence-electron chi connectivity index (χ2n) is 5.29. The van der Waals surface area contributed by atoms with Crippen LogP contribution in [0.3, 0.4) is 0 Å². The maximum atomic E-state index is 13.5. The molecule has 1 aromatic carbocycles. The lowest BCUT2D eigenvalue weighted by Crippen LogP contribution is -2.37. The van der Waals surface area contributed by atoms with Gasteiger partial charge in [0.05, 0.1) is 7.11 Å². The smallest absolute Gasteiger partial charge is 0.165 e. The van der Waals surface area contributed by atoms with Crippen molar-refractivity contribution in [3.05, 3.63) is 29.6 Å². The van der Waals surface area contributed by atoms with Crippen molar-refractivity contribution in [1.29, 1.82) is 0 Å². The van der Waals surface area contributed by atoms with E-state index in [0.717, 1.165) is 30.9 Å².